The Morgan fingerprint density at radius 3 is 2.41 bits per heavy atom. The predicted octanol–water partition coefficient (Wildman–Crippen LogP) is 6.91. The fourth-order valence-corrected chi connectivity index (χ4v) is 6.90. The van der Waals surface area contributed by atoms with Gasteiger partial charge in [0.05, 0.1) is 16.8 Å². The Bertz CT molecular complexity index is 2260. The number of carboxylic acid groups (broad SMARTS) is 1. The summed E-state index contributed by atoms with van der Waals surface area (Å²) in [5, 5.41) is 11.9. The van der Waals surface area contributed by atoms with Crippen LogP contribution in [0.4, 0.5) is 11.4 Å². The predicted molar refractivity (Wildman–Crippen MR) is 181 cm³/mol. The second kappa shape index (κ2) is 11.9. The molecule has 6 aromatic rings. The quantitative estimate of drug-likeness (QED) is 0.133. The molecule has 0 spiro atoms. The molecule has 3 heterocycles. The van der Waals surface area contributed by atoms with Crippen molar-refractivity contribution < 1.29 is 27.4 Å². The summed E-state index contributed by atoms with van der Waals surface area (Å²) in [5.41, 5.74) is 8.89. The maximum Gasteiger partial charge on any atom is 0.341 e. The summed E-state index contributed by atoms with van der Waals surface area (Å²) in [5.74, 6) is -1.47. The molecule has 0 aliphatic carbocycles. The van der Waals surface area contributed by atoms with E-state index in [9.17, 15) is 18.3 Å². The number of benzene rings is 4. The van der Waals surface area contributed by atoms with Crippen LogP contribution in [0.1, 0.15) is 33.6 Å². The van der Waals surface area contributed by atoms with Crippen LogP contribution >= 0.6 is 0 Å². The average molecular weight is 631 g/mol. The molecule has 46 heavy (non-hydrogen) atoms. The number of aryl methyl sites for hydroxylation is 1. The smallest absolute Gasteiger partial charge is 0.341 e. The van der Waals surface area contributed by atoms with Crippen LogP contribution in [0.25, 0.3) is 39.6 Å². The van der Waals surface area contributed by atoms with Crippen LogP contribution in [0, 0.1) is 0 Å². The number of aromatic carboxylic acids is 1. The number of anilines is 2. The summed E-state index contributed by atoms with van der Waals surface area (Å²) < 4.78 is 35.5. The molecule has 0 amide bonds. The number of para-hydroxylation sites is 2. The SMILES string of the molecule is O=C(O)c1ccc(/C=C/c2ccc3c(c2)CCN3c2ccc3c(c2)c2ccccc2n3-c2ccccc2)[n+](CCCS(=O)(=O)O)c1. The minimum absolute atomic E-state index is 0.101. The number of carboxylic acids is 1. The summed E-state index contributed by atoms with van der Waals surface area (Å²) in [6.07, 6.45) is 6.41. The van der Waals surface area contributed by atoms with Crippen LogP contribution in [-0.4, -0.2) is 40.9 Å². The zero-order chi connectivity index (χ0) is 31.8. The van der Waals surface area contributed by atoms with Crippen molar-refractivity contribution in [3.05, 3.63) is 132 Å². The van der Waals surface area contributed by atoms with E-state index in [1.165, 1.54) is 45.3 Å². The van der Waals surface area contributed by atoms with E-state index in [2.05, 4.69) is 94.4 Å². The fraction of sp³-hybridized carbons (Fsp3) is 0.135. The van der Waals surface area contributed by atoms with E-state index in [0.717, 1.165) is 35.6 Å². The van der Waals surface area contributed by atoms with Gasteiger partial charge >= 0.3 is 5.97 Å². The highest BCUT2D eigenvalue weighted by atomic mass is 32.2. The van der Waals surface area contributed by atoms with Crippen LogP contribution in [0.3, 0.4) is 0 Å². The maximum atomic E-state index is 11.5. The average Bonchev–Trinajstić information content (AvgIpc) is 3.62. The van der Waals surface area contributed by atoms with Crippen LogP contribution in [-0.2, 0) is 23.1 Å². The Balaban J connectivity index is 1.17. The lowest BCUT2D eigenvalue weighted by molar-refractivity contribution is -0.698. The van der Waals surface area contributed by atoms with Gasteiger partial charge in [0.25, 0.3) is 10.1 Å². The van der Waals surface area contributed by atoms with Gasteiger partial charge in [0.15, 0.2) is 6.20 Å². The van der Waals surface area contributed by atoms with Crippen molar-refractivity contribution in [2.45, 2.75) is 19.4 Å². The molecule has 0 fully saturated rings. The maximum absolute atomic E-state index is 11.5. The first-order valence-corrected chi connectivity index (χ1v) is 16.8. The summed E-state index contributed by atoms with van der Waals surface area (Å²) in [4.78, 5) is 13.9. The van der Waals surface area contributed by atoms with Gasteiger partial charge in [-0.1, -0.05) is 42.5 Å². The molecule has 0 saturated carbocycles. The third-order valence-corrected chi connectivity index (χ3v) is 9.34. The molecule has 0 saturated heterocycles. The first-order valence-electron chi connectivity index (χ1n) is 15.1. The molecule has 1 aliphatic heterocycles. The molecule has 4 aromatic carbocycles. The molecule has 230 valence electrons. The molecule has 0 radical (unpaired) electrons. The molecule has 2 N–H and O–H groups in total. The van der Waals surface area contributed by atoms with Gasteiger partial charge in [-0.3, -0.25) is 4.55 Å². The number of carbonyl (C=O) groups is 1. The van der Waals surface area contributed by atoms with Crippen LogP contribution < -0.4 is 9.47 Å². The van der Waals surface area contributed by atoms with Gasteiger partial charge in [-0.05, 0) is 78.2 Å². The topological polar surface area (TPSA) is 104 Å². The lowest BCUT2D eigenvalue weighted by atomic mass is 10.1. The second-order valence-electron chi connectivity index (χ2n) is 11.5. The highest BCUT2D eigenvalue weighted by Crippen LogP contribution is 2.39. The summed E-state index contributed by atoms with van der Waals surface area (Å²) in [6.45, 7) is 1.11. The number of hydrogen-bond acceptors (Lipinski definition) is 4. The summed E-state index contributed by atoms with van der Waals surface area (Å²) in [7, 11) is -4.10. The Labute approximate surface area is 266 Å². The van der Waals surface area contributed by atoms with Gasteiger partial charge in [0.1, 0.15) is 12.1 Å². The standard InChI is InChI=1S/C37H31N3O5S/c41-37(42)28-13-15-29(38(25-28)20-6-22-46(43,44)45)14-11-26-12-17-34-27(23-26)19-21-39(34)31-16-18-36-33(24-31)32-9-4-5-10-35(32)40(36)30-7-2-1-3-8-30/h1-5,7-18,23-25H,6,19-22H2,(H-,41,42,43,44,45)/p+1. The largest absolute Gasteiger partial charge is 0.477 e. The second-order valence-corrected chi connectivity index (χ2v) is 13.1. The van der Waals surface area contributed by atoms with Gasteiger partial charge in [0, 0.05) is 52.9 Å². The molecule has 0 bridgehead atoms. The summed E-state index contributed by atoms with van der Waals surface area (Å²) >= 11 is 0. The highest BCUT2D eigenvalue weighted by Gasteiger charge is 2.22. The van der Waals surface area contributed by atoms with Crippen LogP contribution in [0.5, 0.6) is 0 Å². The Morgan fingerprint density at radius 2 is 1.61 bits per heavy atom. The number of pyridine rings is 1. The molecule has 0 atom stereocenters. The normalized spacial score (nSPS) is 13.2. The van der Waals surface area contributed by atoms with E-state index in [0.29, 0.717) is 0 Å². The molecule has 0 unspecified atom stereocenters. The van der Waals surface area contributed by atoms with E-state index in [1.54, 1.807) is 10.6 Å². The first kappa shape index (κ1) is 29.5. The van der Waals surface area contributed by atoms with Crippen molar-refractivity contribution in [1.29, 1.82) is 0 Å². The van der Waals surface area contributed by atoms with Gasteiger partial charge in [-0.25, -0.2) is 4.79 Å². The lowest BCUT2D eigenvalue weighted by Gasteiger charge is -2.20. The number of nitrogens with zero attached hydrogens (tertiary/aromatic N) is 3. The number of aromatic nitrogens is 2. The van der Waals surface area contributed by atoms with Crippen LogP contribution in [0.2, 0.25) is 0 Å². The lowest BCUT2D eigenvalue weighted by Crippen LogP contribution is -2.38. The molecule has 8 nitrogen and oxygen atoms in total. The molecule has 2 aromatic heterocycles. The third-order valence-electron chi connectivity index (χ3n) is 8.54. The Kier molecular flexibility index (Phi) is 7.64. The van der Waals surface area contributed by atoms with E-state index in [1.807, 2.05) is 18.2 Å². The number of rotatable bonds is 9. The van der Waals surface area contributed by atoms with Crippen molar-refractivity contribution in [3.63, 3.8) is 0 Å². The summed E-state index contributed by atoms with van der Waals surface area (Å²) in [6, 6.07) is 35.3. The fourth-order valence-electron chi connectivity index (χ4n) is 6.40. The Hall–Kier alpha value is -5.25. The first-order chi connectivity index (χ1) is 22.2. The van der Waals surface area contributed by atoms with Crippen molar-refractivity contribution >= 4 is 61.4 Å². The molecule has 9 heteroatoms. The van der Waals surface area contributed by atoms with E-state index >= 15 is 0 Å². The van der Waals surface area contributed by atoms with Gasteiger partial charge < -0.3 is 14.6 Å². The van der Waals surface area contributed by atoms with Gasteiger partial charge in [-0.15, -0.1) is 0 Å². The van der Waals surface area contributed by atoms with Crippen molar-refractivity contribution in [2.75, 3.05) is 17.2 Å². The van der Waals surface area contributed by atoms with Crippen molar-refractivity contribution in [2.24, 2.45) is 0 Å². The zero-order valence-electron chi connectivity index (χ0n) is 25.0. The molecule has 1 aliphatic rings. The zero-order valence-corrected chi connectivity index (χ0v) is 25.8. The monoisotopic (exact) mass is 630 g/mol. The van der Waals surface area contributed by atoms with E-state index < -0.39 is 21.8 Å². The van der Waals surface area contributed by atoms with Gasteiger partial charge in [-0.2, -0.15) is 13.0 Å². The van der Waals surface area contributed by atoms with Crippen molar-refractivity contribution in [1.82, 2.24) is 4.57 Å². The molecular weight excluding hydrogens is 598 g/mol. The van der Waals surface area contributed by atoms with E-state index in [-0.39, 0.29) is 18.5 Å². The molecular formula is C37H32N3O5S+. The minimum Gasteiger partial charge on any atom is -0.477 e. The molecule has 7 rings (SSSR count). The van der Waals surface area contributed by atoms with Crippen LogP contribution in [0.15, 0.2) is 109 Å². The number of hydrogen-bond donors (Lipinski definition) is 2. The van der Waals surface area contributed by atoms with Gasteiger partial charge in [0.2, 0.25) is 5.69 Å². The van der Waals surface area contributed by atoms with Crippen molar-refractivity contribution in [3.8, 4) is 5.69 Å². The van der Waals surface area contributed by atoms with E-state index in [4.69, 9.17) is 4.55 Å². The third kappa shape index (κ3) is 5.78. The Morgan fingerprint density at radius 1 is 0.826 bits per heavy atom. The number of fused-ring (bicyclic) bond motifs is 4. The minimum atomic E-state index is -4.10. The highest BCUT2D eigenvalue weighted by molar-refractivity contribution is 7.85.